The van der Waals surface area contributed by atoms with Crippen LogP contribution in [-0.4, -0.2) is 107 Å². The van der Waals surface area contributed by atoms with Crippen molar-refractivity contribution >= 4 is 48.5 Å². The Kier molecular flexibility index (Phi) is 11.3. The van der Waals surface area contributed by atoms with Gasteiger partial charge in [0.15, 0.2) is 30.5 Å². The first-order chi connectivity index (χ1) is 21.8. The van der Waals surface area contributed by atoms with E-state index in [2.05, 4.69) is 20.4 Å². The number of hydrogen-bond donors (Lipinski definition) is 2. The molecule has 3 aromatic rings. The molecule has 2 heterocycles. The Morgan fingerprint density at radius 2 is 1.65 bits per heavy atom. The van der Waals surface area contributed by atoms with Crippen molar-refractivity contribution in [1.29, 1.82) is 0 Å². The van der Waals surface area contributed by atoms with E-state index in [1.54, 1.807) is 24.3 Å². The maximum Gasteiger partial charge on any atom is 0.387 e. The number of aromatic nitrogens is 1. The summed E-state index contributed by atoms with van der Waals surface area (Å²) in [5.74, 6) is -3.82. The molecule has 18 heteroatoms. The number of halogens is 2. The smallest absolute Gasteiger partial charge is 0.387 e. The fraction of sp³-hybridized carbons (Fsp3) is 0.429. The lowest BCUT2D eigenvalue weighted by Gasteiger charge is -2.28. The summed E-state index contributed by atoms with van der Waals surface area (Å²) in [4.78, 5) is 44.5. The van der Waals surface area contributed by atoms with E-state index < -0.39 is 91.4 Å². The molecule has 1 fully saturated rings. The van der Waals surface area contributed by atoms with Crippen molar-refractivity contribution in [2.24, 2.45) is 0 Å². The molecule has 2 unspecified atom stereocenters. The molecule has 1 aliphatic heterocycles. The largest absolute Gasteiger partial charge is 0.435 e. The number of rotatable bonds is 14. The quantitative estimate of drug-likeness (QED) is 0.234. The highest BCUT2D eigenvalue weighted by Crippen LogP contribution is 2.24. The standard InChI is InChI=1S/C28H32F2N4O10S2/c1-45(38,39)22(24(35)26-33-19-7-3-5-9-21(19)43-26)10-11-31-25(36)23(16-32-28(37)34-12-14-42-15-13-34)46(40,41)17-18-6-2-4-8-20(18)44-27(29)30/h2-9,22-23,27H,10-17H2,1H3,(H,31,36)(H,32,37). The monoisotopic (exact) mass is 686 g/mol. The number of ether oxygens (including phenoxy) is 2. The van der Waals surface area contributed by atoms with Gasteiger partial charge in [-0.1, -0.05) is 30.3 Å². The van der Waals surface area contributed by atoms with Crippen molar-refractivity contribution in [3.63, 3.8) is 0 Å². The van der Waals surface area contributed by atoms with Crippen molar-refractivity contribution < 1.29 is 53.9 Å². The molecule has 14 nitrogen and oxygen atoms in total. The Labute approximate surface area is 263 Å². The SMILES string of the molecule is CS(=O)(=O)C(CCNC(=O)C(CNC(=O)N1CCOCC1)S(=O)(=O)Cc1ccccc1OC(F)F)C(=O)c1nc2ccccc2o1. The van der Waals surface area contributed by atoms with E-state index >= 15 is 0 Å². The molecule has 4 rings (SSSR count). The van der Waals surface area contributed by atoms with Gasteiger partial charge in [-0.05, 0) is 24.6 Å². The van der Waals surface area contributed by atoms with E-state index in [-0.39, 0.29) is 37.4 Å². The fourth-order valence-electron chi connectivity index (χ4n) is 4.69. The van der Waals surface area contributed by atoms with Crippen LogP contribution in [0.15, 0.2) is 52.9 Å². The summed E-state index contributed by atoms with van der Waals surface area (Å²) < 4.78 is 93.1. The average Bonchev–Trinajstić information content (AvgIpc) is 3.44. The predicted octanol–water partition coefficient (Wildman–Crippen LogP) is 1.56. The Bertz CT molecular complexity index is 1740. The van der Waals surface area contributed by atoms with Crippen LogP contribution in [-0.2, 0) is 35.0 Å². The van der Waals surface area contributed by atoms with Gasteiger partial charge in [-0.3, -0.25) is 9.59 Å². The van der Waals surface area contributed by atoms with Gasteiger partial charge in [0.2, 0.25) is 11.7 Å². The molecule has 2 aromatic carbocycles. The number of fused-ring (bicyclic) bond motifs is 1. The molecular weight excluding hydrogens is 654 g/mol. The number of oxazole rings is 1. The highest BCUT2D eigenvalue weighted by molar-refractivity contribution is 7.92. The molecule has 46 heavy (non-hydrogen) atoms. The van der Waals surface area contributed by atoms with E-state index in [1.165, 1.54) is 23.1 Å². The number of carbonyl (C=O) groups is 3. The average molecular weight is 687 g/mol. The summed E-state index contributed by atoms with van der Waals surface area (Å²) in [6.07, 6.45) is 0.369. The zero-order valence-electron chi connectivity index (χ0n) is 24.6. The van der Waals surface area contributed by atoms with Crippen molar-refractivity contribution in [3.8, 4) is 5.75 Å². The van der Waals surface area contributed by atoms with Crippen molar-refractivity contribution in [1.82, 2.24) is 20.5 Å². The molecule has 0 bridgehead atoms. The van der Waals surface area contributed by atoms with Gasteiger partial charge in [0.05, 0.1) is 19.0 Å². The number of morpholine rings is 1. The first-order valence-electron chi connectivity index (χ1n) is 14.0. The van der Waals surface area contributed by atoms with E-state index in [0.717, 1.165) is 12.3 Å². The number of nitrogens with zero attached hydrogens (tertiary/aromatic N) is 2. The number of urea groups is 1. The van der Waals surface area contributed by atoms with Crippen LogP contribution < -0.4 is 15.4 Å². The van der Waals surface area contributed by atoms with Crippen LogP contribution in [0.3, 0.4) is 0 Å². The van der Waals surface area contributed by atoms with Gasteiger partial charge in [0.25, 0.3) is 5.89 Å². The molecule has 2 N–H and O–H groups in total. The number of amides is 3. The summed E-state index contributed by atoms with van der Waals surface area (Å²) in [6.45, 7) is -3.41. The summed E-state index contributed by atoms with van der Waals surface area (Å²) >= 11 is 0. The summed E-state index contributed by atoms with van der Waals surface area (Å²) in [5.41, 5.74) is 0.444. The van der Waals surface area contributed by atoms with Crippen LogP contribution in [0.1, 0.15) is 22.7 Å². The van der Waals surface area contributed by atoms with Crippen molar-refractivity contribution in [3.05, 3.63) is 60.0 Å². The highest BCUT2D eigenvalue weighted by Gasteiger charge is 2.36. The fourth-order valence-corrected chi connectivity index (χ4v) is 7.34. The number of carbonyl (C=O) groups excluding carboxylic acids is 3. The summed E-state index contributed by atoms with van der Waals surface area (Å²) in [6, 6.07) is 10.9. The Balaban J connectivity index is 1.51. The third-order valence-electron chi connectivity index (χ3n) is 7.03. The number of benzene rings is 2. The Morgan fingerprint density at radius 3 is 2.33 bits per heavy atom. The van der Waals surface area contributed by atoms with Gasteiger partial charge in [0.1, 0.15) is 16.5 Å². The van der Waals surface area contributed by atoms with E-state index in [0.29, 0.717) is 5.52 Å². The van der Waals surface area contributed by atoms with Crippen LogP contribution in [0.5, 0.6) is 5.75 Å². The van der Waals surface area contributed by atoms with Gasteiger partial charge in [0, 0.05) is 38.0 Å². The van der Waals surface area contributed by atoms with Crippen LogP contribution in [0, 0.1) is 0 Å². The molecule has 0 radical (unpaired) electrons. The lowest BCUT2D eigenvalue weighted by molar-refractivity contribution is -0.120. The lowest BCUT2D eigenvalue weighted by Crippen LogP contribution is -2.52. The number of sulfone groups is 2. The highest BCUT2D eigenvalue weighted by atomic mass is 32.2. The van der Waals surface area contributed by atoms with E-state index in [9.17, 15) is 40.0 Å². The van der Waals surface area contributed by atoms with E-state index in [1.807, 2.05) is 0 Å². The number of ketones is 1. The van der Waals surface area contributed by atoms with Gasteiger partial charge >= 0.3 is 12.6 Å². The molecule has 3 amide bonds. The lowest BCUT2D eigenvalue weighted by atomic mass is 10.2. The molecule has 1 aliphatic rings. The number of Topliss-reactive ketones (excluding diaryl/α,β-unsaturated/α-hetero) is 1. The van der Waals surface area contributed by atoms with Crippen molar-refractivity contribution in [2.75, 3.05) is 45.6 Å². The zero-order chi connectivity index (χ0) is 33.5. The second-order valence-corrected chi connectivity index (χ2v) is 14.7. The molecule has 250 valence electrons. The number of para-hydroxylation sites is 3. The van der Waals surface area contributed by atoms with Crippen LogP contribution >= 0.6 is 0 Å². The molecular formula is C28H32F2N4O10S2. The molecule has 0 aliphatic carbocycles. The predicted molar refractivity (Wildman–Crippen MR) is 160 cm³/mol. The summed E-state index contributed by atoms with van der Waals surface area (Å²) in [5, 5.41) is 1.14. The second kappa shape index (κ2) is 15.0. The maximum absolute atomic E-state index is 13.5. The minimum atomic E-state index is -4.52. The minimum Gasteiger partial charge on any atom is -0.435 e. The number of hydrogen-bond acceptors (Lipinski definition) is 11. The molecule has 1 saturated heterocycles. The normalized spacial score (nSPS) is 15.3. The number of alkyl halides is 2. The molecule has 0 saturated carbocycles. The van der Waals surface area contributed by atoms with Gasteiger partial charge in [-0.15, -0.1) is 0 Å². The maximum atomic E-state index is 13.5. The molecule has 0 spiro atoms. The summed E-state index contributed by atoms with van der Waals surface area (Å²) in [7, 11) is -8.57. The third-order valence-corrected chi connectivity index (χ3v) is 10.5. The molecule has 2 atom stereocenters. The first-order valence-corrected chi connectivity index (χ1v) is 17.6. The van der Waals surface area contributed by atoms with Crippen LogP contribution in [0.2, 0.25) is 0 Å². The van der Waals surface area contributed by atoms with Crippen molar-refractivity contribution in [2.45, 2.75) is 29.3 Å². The number of nitrogens with one attached hydrogen (secondary N) is 2. The third kappa shape index (κ3) is 8.97. The van der Waals surface area contributed by atoms with Gasteiger partial charge < -0.3 is 29.4 Å². The topological polar surface area (TPSA) is 191 Å². The van der Waals surface area contributed by atoms with E-state index in [4.69, 9.17) is 9.15 Å². The molecule has 1 aromatic heterocycles. The van der Waals surface area contributed by atoms with Gasteiger partial charge in [-0.2, -0.15) is 8.78 Å². The minimum absolute atomic E-state index is 0.152. The van der Waals surface area contributed by atoms with Crippen LogP contribution in [0.25, 0.3) is 11.1 Å². The zero-order valence-corrected chi connectivity index (χ0v) is 26.2. The first kappa shape index (κ1) is 34.7. The van der Waals surface area contributed by atoms with Gasteiger partial charge in [-0.25, -0.2) is 26.6 Å². The van der Waals surface area contributed by atoms with Crippen LogP contribution in [0.4, 0.5) is 13.6 Å². The second-order valence-electron chi connectivity index (χ2n) is 10.3. The Morgan fingerprint density at radius 1 is 0.978 bits per heavy atom. The Hall–Kier alpha value is -4.16.